The summed E-state index contributed by atoms with van der Waals surface area (Å²) in [5.41, 5.74) is 1.15. The number of nitrogens with zero attached hydrogens (tertiary/aromatic N) is 2. The number of rotatable bonds is 6. The number of carbonyl (C=O) groups is 1. The Balaban J connectivity index is 2.06. The fourth-order valence-electron chi connectivity index (χ4n) is 3.03. The zero-order valence-corrected chi connectivity index (χ0v) is 17.3. The van der Waals surface area contributed by atoms with Gasteiger partial charge in [0.25, 0.3) is 5.91 Å². The molecule has 1 amide bonds. The molecule has 9 heteroatoms. The third-order valence-corrected chi connectivity index (χ3v) is 4.61. The van der Waals surface area contributed by atoms with Crippen molar-refractivity contribution in [2.75, 3.05) is 19.4 Å². The van der Waals surface area contributed by atoms with Crippen molar-refractivity contribution in [3.05, 3.63) is 59.4 Å². The van der Waals surface area contributed by atoms with Gasteiger partial charge in [-0.1, -0.05) is 25.1 Å². The molecule has 5 N–H and O–H groups in total. The average Bonchev–Trinajstić information content (AvgIpc) is 2.99. The van der Waals surface area contributed by atoms with Crippen molar-refractivity contribution < 1.29 is 24.5 Å². The van der Waals surface area contributed by atoms with Crippen LogP contribution in [0.15, 0.2) is 47.5 Å². The summed E-state index contributed by atoms with van der Waals surface area (Å²) >= 11 is 0. The maximum atomic E-state index is 13.6. The topological polar surface area (TPSA) is 121 Å². The number of nitrogens with one attached hydrogen (secondary N) is 2. The molecular weight excluding hydrogens is 403 g/mol. The predicted molar refractivity (Wildman–Crippen MR) is 116 cm³/mol. The minimum absolute atomic E-state index is 0.00962. The van der Waals surface area contributed by atoms with E-state index in [1.54, 1.807) is 32.3 Å². The van der Waals surface area contributed by atoms with E-state index in [0.717, 1.165) is 0 Å². The minimum atomic E-state index is -0.426. The van der Waals surface area contributed by atoms with E-state index < -0.39 is 23.5 Å². The van der Waals surface area contributed by atoms with E-state index in [0.29, 0.717) is 17.7 Å². The Hall–Kier alpha value is -4.01. The van der Waals surface area contributed by atoms with Crippen LogP contribution in [-0.4, -0.2) is 50.9 Å². The lowest BCUT2D eigenvalue weighted by molar-refractivity contribution is 0.0824. The lowest BCUT2D eigenvalue weighted by atomic mass is 10.1. The van der Waals surface area contributed by atoms with Crippen LogP contribution in [0.1, 0.15) is 29.3 Å². The van der Waals surface area contributed by atoms with Gasteiger partial charge in [-0.25, -0.2) is 9.38 Å². The van der Waals surface area contributed by atoms with Crippen LogP contribution in [0.5, 0.6) is 17.5 Å². The van der Waals surface area contributed by atoms with E-state index in [9.17, 15) is 24.5 Å². The summed E-state index contributed by atoms with van der Waals surface area (Å²) in [6, 6.07) is 10.4. The van der Waals surface area contributed by atoms with Crippen molar-refractivity contribution in [3.63, 3.8) is 0 Å². The number of H-pyrrole nitrogens is 1. The van der Waals surface area contributed by atoms with Gasteiger partial charge in [-0.05, 0) is 36.2 Å². The number of aromatic amines is 1. The number of halogens is 1. The highest BCUT2D eigenvalue weighted by atomic mass is 19.1. The highest BCUT2D eigenvalue weighted by molar-refractivity contribution is 6.04. The van der Waals surface area contributed by atoms with E-state index in [-0.39, 0.29) is 28.4 Å². The number of aromatic nitrogens is 1. The van der Waals surface area contributed by atoms with Gasteiger partial charge in [-0.15, -0.1) is 0 Å². The molecule has 0 saturated heterocycles. The first kappa shape index (κ1) is 21.7. The first-order valence-corrected chi connectivity index (χ1v) is 9.51. The lowest BCUT2D eigenvalue weighted by Gasteiger charge is -2.15. The Morgan fingerprint density at radius 3 is 2.48 bits per heavy atom. The quantitative estimate of drug-likeness (QED) is 0.298. The monoisotopic (exact) mass is 426 g/mol. The smallest absolute Gasteiger partial charge is 0.257 e. The Bertz CT molecular complexity index is 1150. The third-order valence-electron chi connectivity index (χ3n) is 4.61. The van der Waals surface area contributed by atoms with Crippen LogP contribution in [0, 0.1) is 5.82 Å². The van der Waals surface area contributed by atoms with Gasteiger partial charge in [0, 0.05) is 19.8 Å². The van der Waals surface area contributed by atoms with Crippen molar-refractivity contribution in [2.45, 2.75) is 13.3 Å². The lowest BCUT2D eigenvalue weighted by Crippen LogP contribution is -2.21. The molecule has 0 spiro atoms. The number of aromatic hydroxyl groups is 3. The molecule has 0 bridgehead atoms. The molecule has 0 aliphatic carbocycles. The van der Waals surface area contributed by atoms with Gasteiger partial charge >= 0.3 is 0 Å². The van der Waals surface area contributed by atoms with Crippen molar-refractivity contribution in [2.24, 2.45) is 4.99 Å². The zero-order valence-electron chi connectivity index (χ0n) is 17.3. The fourth-order valence-corrected chi connectivity index (χ4v) is 3.03. The number of hydrogen-bond acceptors (Lipinski definition) is 6. The molecule has 162 valence electrons. The molecule has 0 unspecified atom stereocenters. The second-order valence-corrected chi connectivity index (χ2v) is 6.99. The molecule has 8 nitrogen and oxygen atoms in total. The van der Waals surface area contributed by atoms with Crippen LogP contribution in [0.3, 0.4) is 0 Å². The number of aliphatic imine (C=N–C) groups is 1. The van der Waals surface area contributed by atoms with Crippen LogP contribution in [0.4, 0.5) is 21.5 Å². The molecule has 1 heterocycles. The number of anilines is 2. The summed E-state index contributed by atoms with van der Waals surface area (Å²) in [6.07, 6.45) is 0.423. The molecule has 3 rings (SSSR count). The van der Waals surface area contributed by atoms with Crippen LogP contribution in [0.2, 0.25) is 0 Å². The second kappa shape index (κ2) is 8.78. The van der Waals surface area contributed by atoms with Crippen LogP contribution < -0.4 is 5.32 Å². The number of amides is 1. The van der Waals surface area contributed by atoms with E-state index in [2.05, 4.69) is 15.3 Å². The molecule has 2 aromatic carbocycles. The summed E-state index contributed by atoms with van der Waals surface area (Å²) in [7, 11) is 3.12. The van der Waals surface area contributed by atoms with Gasteiger partial charge in [0.05, 0.1) is 11.3 Å². The van der Waals surface area contributed by atoms with Gasteiger partial charge in [0.2, 0.25) is 11.8 Å². The molecule has 1 aromatic heterocycles. The van der Waals surface area contributed by atoms with Gasteiger partial charge in [-0.3, -0.25) is 9.78 Å². The molecular formula is C22H23FN4O4. The number of phenolic OH excluding ortho intramolecular Hbond substituents is 1. The summed E-state index contributed by atoms with van der Waals surface area (Å²) < 4.78 is 13.6. The Kier molecular flexibility index (Phi) is 6.15. The van der Waals surface area contributed by atoms with Crippen molar-refractivity contribution in [3.8, 4) is 17.5 Å². The summed E-state index contributed by atoms with van der Waals surface area (Å²) in [5, 5.41) is 33.9. The second-order valence-electron chi connectivity index (χ2n) is 6.99. The van der Waals surface area contributed by atoms with E-state index in [4.69, 9.17) is 0 Å². The van der Waals surface area contributed by atoms with Gasteiger partial charge < -0.3 is 25.5 Å². The number of carbonyl (C=O) groups excluding carboxylic acids is 1. The predicted octanol–water partition coefficient (Wildman–Crippen LogP) is 4.25. The summed E-state index contributed by atoms with van der Waals surface area (Å²) in [4.78, 5) is 20.4. The number of phenols is 1. The Morgan fingerprint density at radius 1 is 1.13 bits per heavy atom. The van der Waals surface area contributed by atoms with Crippen molar-refractivity contribution in [1.82, 2.24) is 9.88 Å². The largest absolute Gasteiger partial charge is 0.505 e. The molecule has 0 fully saturated rings. The molecule has 0 saturated carbocycles. The van der Waals surface area contributed by atoms with Crippen LogP contribution in [-0.2, 0) is 0 Å². The highest BCUT2D eigenvalue weighted by Crippen LogP contribution is 2.45. The van der Waals surface area contributed by atoms with Crippen LogP contribution >= 0.6 is 0 Å². The van der Waals surface area contributed by atoms with Gasteiger partial charge in [0.1, 0.15) is 11.5 Å². The van der Waals surface area contributed by atoms with E-state index in [1.165, 1.54) is 29.2 Å². The molecule has 0 aliphatic rings. The van der Waals surface area contributed by atoms with Crippen molar-refractivity contribution >= 4 is 28.7 Å². The number of hydrogen-bond donors (Lipinski definition) is 5. The Morgan fingerprint density at radius 2 is 1.84 bits per heavy atom. The summed E-state index contributed by atoms with van der Waals surface area (Å²) in [5.74, 6) is -1.99. The fraction of sp³-hybridized carbons (Fsp3) is 0.182. The molecule has 0 aliphatic heterocycles. The van der Waals surface area contributed by atoms with Gasteiger partial charge in [0.15, 0.2) is 11.4 Å². The molecule has 0 atom stereocenters. The maximum Gasteiger partial charge on any atom is 0.257 e. The third kappa shape index (κ3) is 4.45. The Labute approximate surface area is 178 Å². The minimum Gasteiger partial charge on any atom is -0.505 e. The SMILES string of the molecule is CCC(=Nc1c(O)[nH]c(O)c1Nc1cccc(C(=O)N(C)C)c1O)c1cccc(F)c1. The van der Waals surface area contributed by atoms with E-state index in [1.807, 2.05) is 6.92 Å². The maximum absolute atomic E-state index is 13.6. The zero-order chi connectivity index (χ0) is 22.7. The number of benzene rings is 2. The summed E-state index contributed by atoms with van der Waals surface area (Å²) in [6.45, 7) is 1.82. The van der Waals surface area contributed by atoms with E-state index >= 15 is 0 Å². The normalized spacial score (nSPS) is 11.4. The molecule has 3 aromatic rings. The highest BCUT2D eigenvalue weighted by Gasteiger charge is 2.21. The van der Waals surface area contributed by atoms with Crippen LogP contribution in [0.25, 0.3) is 0 Å². The number of para-hydroxylation sites is 1. The van der Waals surface area contributed by atoms with Crippen molar-refractivity contribution in [1.29, 1.82) is 0 Å². The first-order valence-electron chi connectivity index (χ1n) is 9.51. The van der Waals surface area contributed by atoms with Gasteiger partial charge in [-0.2, -0.15) is 0 Å². The standard InChI is InChI=1S/C22H23FN4O4/c1-4-15(12-7-5-8-13(23)11-12)24-17-18(21(30)26-20(17)29)25-16-10-6-9-14(19(16)28)22(31)27(2)3/h5-11,25-26,28-30H,4H2,1-3H3. The molecule has 0 radical (unpaired) electrons. The first-order chi connectivity index (χ1) is 14.7. The average molecular weight is 426 g/mol. The molecule has 31 heavy (non-hydrogen) atoms.